The van der Waals surface area contributed by atoms with Gasteiger partial charge in [0.05, 0.1) is 11.7 Å². The van der Waals surface area contributed by atoms with Crippen molar-refractivity contribution in [1.82, 2.24) is 0 Å². The monoisotopic (exact) mass is 358 g/mol. The average molecular weight is 359 g/mol. The van der Waals surface area contributed by atoms with Crippen LogP contribution in [0.5, 0.6) is 11.5 Å². The molecule has 0 bridgehead atoms. The van der Waals surface area contributed by atoms with Crippen molar-refractivity contribution in [2.24, 2.45) is 0 Å². The Hall–Kier alpha value is -2.40. The smallest absolute Gasteiger partial charge is 0.231 e. The Morgan fingerprint density at radius 2 is 1.88 bits per heavy atom. The summed E-state index contributed by atoms with van der Waals surface area (Å²) < 4.78 is 11.0. The Morgan fingerprint density at radius 3 is 2.56 bits per heavy atom. The van der Waals surface area contributed by atoms with Gasteiger partial charge in [0.1, 0.15) is 0 Å². The van der Waals surface area contributed by atoms with Crippen LogP contribution in [0.4, 0.5) is 11.4 Å². The molecule has 0 aliphatic carbocycles. The molecule has 0 aromatic heterocycles. The number of fused-ring (bicyclic) bond motifs is 2. The van der Waals surface area contributed by atoms with E-state index in [2.05, 4.69) is 12.2 Å². The molecular formula is C19H19ClN2O3. The van der Waals surface area contributed by atoms with Crippen LogP contribution >= 0.6 is 11.6 Å². The number of nitrogens with zero attached hydrogens (tertiary/aromatic N) is 1. The van der Waals surface area contributed by atoms with E-state index in [-0.39, 0.29) is 24.8 Å². The topological polar surface area (TPSA) is 50.8 Å². The number of hydrogen-bond donors (Lipinski definition) is 1. The molecule has 0 fully saturated rings. The highest BCUT2D eigenvalue weighted by atomic mass is 35.5. The summed E-state index contributed by atoms with van der Waals surface area (Å²) in [6.07, 6.45) is 0.800. The van der Waals surface area contributed by atoms with E-state index in [0.29, 0.717) is 10.8 Å². The van der Waals surface area contributed by atoms with Gasteiger partial charge in [-0.05, 0) is 43.7 Å². The quantitative estimate of drug-likeness (QED) is 0.866. The van der Waals surface area contributed by atoms with Crippen LogP contribution in [0, 0.1) is 0 Å². The minimum Gasteiger partial charge on any atom is -0.454 e. The van der Waals surface area contributed by atoms with Gasteiger partial charge in [-0.3, -0.25) is 4.79 Å². The zero-order valence-corrected chi connectivity index (χ0v) is 14.8. The first-order valence-corrected chi connectivity index (χ1v) is 8.66. The van der Waals surface area contributed by atoms with E-state index in [0.717, 1.165) is 29.1 Å². The van der Waals surface area contributed by atoms with Crippen LogP contribution in [-0.4, -0.2) is 18.7 Å². The number of nitrogens with one attached hydrogen (secondary N) is 1. The SMILES string of the molecule is CC(=O)N1c2cc3c(cc2[C@H](Nc2ccc(Cl)cc2)C[C@@H]1C)OCO3. The van der Waals surface area contributed by atoms with Crippen LogP contribution in [0.15, 0.2) is 36.4 Å². The third-order valence-corrected chi connectivity index (χ3v) is 4.95. The molecule has 2 heterocycles. The number of rotatable bonds is 2. The van der Waals surface area contributed by atoms with Gasteiger partial charge < -0.3 is 19.7 Å². The normalized spacial score (nSPS) is 21.0. The lowest BCUT2D eigenvalue weighted by Crippen LogP contribution is -2.43. The van der Waals surface area contributed by atoms with Gasteiger partial charge in [0.2, 0.25) is 12.7 Å². The van der Waals surface area contributed by atoms with Crippen LogP contribution in [0.2, 0.25) is 5.02 Å². The summed E-state index contributed by atoms with van der Waals surface area (Å²) in [7, 11) is 0. The second-order valence-corrected chi connectivity index (χ2v) is 6.88. The van der Waals surface area contributed by atoms with Crippen molar-refractivity contribution in [2.45, 2.75) is 32.4 Å². The first-order valence-electron chi connectivity index (χ1n) is 8.28. The van der Waals surface area contributed by atoms with Crippen molar-refractivity contribution < 1.29 is 14.3 Å². The summed E-state index contributed by atoms with van der Waals surface area (Å²) in [6, 6.07) is 11.7. The maximum Gasteiger partial charge on any atom is 0.231 e. The second-order valence-electron chi connectivity index (χ2n) is 6.44. The summed E-state index contributed by atoms with van der Waals surface area (Å²) in [5.41, 5.74) is 2.90. The van der Waals surface area contributed by atoms with Crippen LogP contribution in [0.25, 0.3) is 0 Å². The Kier molecular flexibility index (Phi) is 3.96. The molecule has 2 aliphatic rings. The molecule has 0 spiro atoms. The lowest BCUT2D eigenvalue weighted by molar-refractivity contribution is -0.117. The Balaban J connectivity index is 1.75. The van der Waals surface area contributed by atoms with Crippen LogP contribution < -0.4 is 19.7 Å². The largest absolute Gasteiger partial charge is 0.454 e. The predicted octanol–water partition coefficient (Wildman–Crippen LogP) is 4.37. The number of halogens is 1. The third-order valence-electron chi connectivity index (χ3n) is 4.70. The first-order chi connectivity index (χ1) is 12.0. The van der Waals surface area contributed by atoms with Crippen molar-refractivity contribution in [3.63, 3.8) is 0 Å². The van der Waals surface area contributed by atoms with E-state index in [9.17, 15) is 4.79 Å². The molecule has 1 amide bonds. The molecule has 2 aliphatic heterocycles. The Bertz CT molecular complexity index is 822. The van der Waals surface area contributed by atoms with Gasteiger partial charge in [0.25, 0.3) is 0 Å². The first kappa shape index (κ1) is 16.1. The maximum absolute atomic E-state index is 12.2. The lowest BCUT2D eigenvalue weighted by atomic mass is 9.91. The van der Waals surface area contributed by atoms with E-state index >= 15 is 0 Å². The van der Waals surface area contributed by atoms with Gasteiger partial charge >= 0.3 is 0 Å². The Labute approximate surface area is 151 Å². The van der Waals surface area contributed by atoms with Gasteiger partial charge in [-0.2, -0.15) is 0 Å². The number of hydrogen-bond acceptors (Lipinski definition) is 4. The van der Waals surface area contributed by atoms with Crippen molar-refractivity contribution in [1.29, 1.82) is 0 Å². The summed E-state index contributed by atoms with van der Waals surface area (Å²) in [5.74, 6) is 1.43. The molecular weight excluding hydrogens is 340 g/mol. The van der Waals surface area contributed by atoms with Gasteiger partial charge in [-0.1, -0.05) is 11.6 Å². The summed E-state index contributed by atoms with van der Waals surface area (Å²) in [5, 5.41) is 4.26. The van der Waals surface area contributed by atoms with Crippen LogP contribution in [-0.2, 0) is 4.79 Å². The Morgan fingerprint density at radius 1 is 1.20 bits per heavy atom. The van der Waals surface area contributed by atoms with E-state index < -0.39 is 0 Å². The number of anilines is 2. The predicted molar refractivity (Wildman–Crippen MR) is 97.6 cm³/mol. The molecule has 2 atom stereocenters. The highest BCUT2D eigenvalue weighted by Gasteiger charge is 2.34. The fourth-order valence-electron chi connectivity index (χ4n) is 3.61. The zero-order valence-electron chi connectivity index (χ0n) is 14.1. The standard InChI is InChI=1S/C19H19ClN2O3/c1-11-7-16(21-14-5-3-13(20)4-6-14)15-8-18-19(25-10-24-18)9-17(15)22(11)12(2)23/h3-6,8-9,11,16,21H,7,10H2,1-2H3/t11-,16+/m0/s1. The number of carbonyl (C=O) groups excluding carboxylic acids is 1. The highest BCUT2D eigenvalue weighted by molar-refractivity contribution is 6.30. The zero-order chi connectivity index (χ0) is 17.6. The van der Waals surface area contributed by atoms with Gasteiger partial charge in [-0.15, -0.1) is 0 Å². The van der Waals surface area contributed by atoms with E-state index in [4.69, 9.17) is 21.1 Å². The lowest BCUT2D eigenvalue weighted by Gasteiger charge is -2.39. The summed E-state index contributed by atoms with van der Waals surface area (Å²) in [6.45, 7) is 3.87. The highest BCUT2D eigenvalue weighted by Crippen LogP contribution is 2.46. The fraction of sp³-hybridized carbons (Fsp3) is 0.316. The molecule has 2 aromatic rings. The van der Waals surface area contributed by atoms with Crippen LogP contribution in [0.3, 0.4) is 0 Å². The minimum absolute atomic E-state index is 0.0255. The molecule has 6 heteroatoms. The van der Waals surface area contributed by atoms with Crippen molar-refractivity contribution >= 4 is 28.9 Å². The third kappa shape index (κ3) is 2.89. The number of ether oxygens (including phenoxy) is 2. The summed E-state index contributed by atoms with van der Waals surface area (Å²) in [4.78, 5) is 14.0. The van der Waals surface area contributed by atoms with Gasteiger partial charge in [0.15, 0.2) is 11.5 Å². The molecule has 25 heavy (non-hydrogen) atoms. The molecule has 130 valence electrons. The van der Waals surface area contributed by atoms with Crippen molar-refractivity contribution in [2.75, 3.05) is 17.0 Å². The number of benzene rings is 2. The molecule has 0 saturated carbocycles. The fourth-order valence-corrected chi connectivity index (χ4v) is 3.74. The molecule has 0 radical (unpaired) electrons. The van der Waals surface area contributed by atoms with Gasteiger partial charge in [0, 0.05) is 35.3 Å². The van der Waals surface area contributed by atoms with E-state index in [1.165, 1.54) is 0 Å². The minimum atomic E-state index is 0.0255. The average Bonchev–Trinajstić information content (AvgIpc) is 3.02. The van der Waals surface area contributed by atoms with E-state index in [1.54, 1.807) is 6.92 Å². The number of amides is 1. The maximum atomic E-state index is 12.2. The van der Waals surface area contributed by atoms with Crippen molar-refractivity contribution in [3.05, 3.63) is 47.0 Å². The number of carbonyl (C=O) groups is 1. The second kappa shape index (κ2) is 6.15. The van der Waals surface area contributed by atoms with Crippen molar-refractivity contribution in [3.8, 4) is 11.5 Å². The molecule has 4 rings (SSSR count). The van der Waals surface area contributed by atoms with Gasteiger partial charge in [-0.25, -0.2) is 0 Å². The summed E-state index contributed by atoms with van der Waals surface area (Å²) >= 11 is 5.97. The van der Waals surface area contributed by atoms with Crippen LogP contribution in [0.1, 0.15) is 31.9 Å². The molecule has 2 aromatic carbocycles. The molecule has 0 saturated heterocycles. The molecule has 1 N–H and O–H groups in total. The van der Waals surface area contributed by atoms with E-state index in [1.807, 2.05) is 41.3 Å². The molecule has 0 unspecified atom stereocenters. The molecule has 5 nitrogen and oxygen atoms in total.